The Kier molecular flexibility index (Phi) is 7.11. The molecule has 0 radical (unpaired) electrons. The molecule has 1 aliphatic heterocycles. The second kappa shape index (κ2) is 9.77. The lowest BCUT2D eigenvalue weighted by Crippen LogP contribution is -2.46. The third kappa shape index (κ3) is 5.00. The zero-order chi connectivity index (χ0) is 21.7. The lowest BCUT2D eigenvalue weighted by Gasteiger charge is -2.36. The molecule has 1 fully saturated rings. The Morgan fingerprint density at radius 2 is 1.80 bits per heavy atom. The van der Waals surface area contributed by atoms with Crippen LogP contribution in [0.5, 0.6) is 11.5 Å². The molecular formula is C23H29FN4O2. The number of hydrogen-bond acceptors (Lipinski definition) is 6. The normalized spacial score (nSPS) is 14.6. The molecule has 1 aromatic heterocycles. The zero-order valence-corrected chi connectivity index (χ0v) is 18.1. The van der Waals surface area contributed by atoms with Crippen LogP contribution in [0.25, 0.3) is 0 Å². The highest BCUT2D eigenvalue weighted by Gasteiger charge is 2.22. The smallest absolute Gasteiger partial charge is 0.179 e. The molecule has 0 saturated carbocycles. The predicted molar refractivity (Wildman–Crippen MR) is 114 cm³/mol. The Labute approximate surface area is 177 Å². The van der Waals surface area contributed by atoms with Gasteiger partial charge in [0.15, 0.2) is 11.5 Å². The molecule has 2 aromatic rings. The van der Waals surface area contributed by atoms with Crippen LogP contribution in [0.2, 0.25) is 0 Å². The minimum Gasteiger partial charge on any atom is -0.493 e. The summed E-state index contributed by atoms with van der Waals surface area (Å²) in [7, 11) is 3.20. The highest BCUT2D eigenvalue weighted by Crippen LogP contribution is 2.29. The van der Waals surface area contributed by atoms with Gasteiger partial charge >= 0.3 is 0 Å². The molecule has 0 aliphatic carbocycles. The van der Waals surface area contributed by atoms with Crippen LogP contribution in [-0.4, -0.2) is 50.3 Å². The van der Waals surface area contributed by atoms with Crippen molar-refractivity contribution in [3.05, 3.63) is 47.0 Å². The summed E-state index contributed by atoms with van der Waals surface area (Å²) in [4.78, 5) is 8.87. The van der Waals surface area contributed by atoms with Gasteiger partial charge in [-0.05, 0) is 30.0 Å². The van der Waals surface area contributed by atoms with Gasteiger partial charge in [0.2, 0.25) is 0 Å². The van der Waals surface area contributed by atoms with Crippen LogP contribution < -0.4 is 14.4 Å². The first kappa shape index (κ1) is 21.8. The van der Waals surface area contributed by atoms with Gasteiger partial charge in [-0.3, -0.25) is 9.88 Å². The molecule has 0 atom stereocenters. The summed E-state index contributed by atoms with van der Waals surface area (Å²) >= 11 is 0. The summed E-state index contributed by atoms with van der Waals surface area (Å²) in [6, 6.07) is 7.42. The van der Waals surface area contributed by atoms with Gasteiger partial charge in [0.05, 0.1) is 31.8 Å². The molecule has 1 aromatic carbocycles. The first-order valence-corrected chi connectivity index (χ1v) is 10.2. The van der Waals surface area contributed by atoms with E-state index in [4.69, 9.17) is 9.47 Å². The molecule has 0 spiro atoms. The van der Waals surface area contributed by atoms with E-state index < -0.39 is 5.82 Å². The predicted octanol–water partition coefficient (Wildman–Crippen LogP) is 3.63. The maximum absolute atomic E-state index is 14.5. The topological polar surface area (TPSA) is 61.6 Å². The molecule has 3 rings (SSSR count). The van der Waals surface area contributed by atoms with Gasteiger partial charge in [0.25, 0.3) is 0 Å². The van der Waals surface area contributed by atoms with E-state index in [9.17, 15) is 9.65 Å². The van der Waals surface area contributed by atoms with Crippen LogP contribution in [0, 0.1) is 23.1 Å². The van der Waals surface area contributed by atoms with Gasteiger partial charge in [-0.2, -0.15) is 5.26 Å². The Morgan fingerprint density at radius 3 is 2.40 bits per heavy atom. The third-order valence-electron chi connectivity index (χ3n) is 5.31. The summed E-state index contributed by atoms with van der Waals surface area (Å²) in [5, 5.41) is 9.48. The molecule has 0 amide bonds. The Bertz CT molecular complexity index is 918. The number of piperazine rings is 1. The second-order valence-electron chi connectivity index (χ2n) is 7.98. The van der Waals surface area contributed by atoms with Crippen molar-refractivity contribution in [2.24, 2.45) is 5.92 Å². The van der Waals surface area contributed by atoms with E-state index in [1.165, 1.54) is 6.07 Å². The third-order valence-corrected chi connectivity index (χ3v) is 5.31. The molecule has 30 heavy (non-hydrogen) atoms. The number of aromatic nitrogens is 1. The Balaban J connectivity index is 1.70. The molecule has 1 saturated heterocycles. The van der Waals surface area contributed by atoms with Crippen molar-refractivity contribution < 1.29 is 13.9 Å². The maximum Gasteiger partial charge on any atom is 0.179 e. The number of pyridine rings is 1. The molecule has 0 bridgehead atoms. The summed E-state index contributed by atoms with van der Waals surface area (Å²) in [5.41, 5.74) is 2.69. The van der Waals surface area contributed by atoms with E-state index in [1.54, 1.807) is 20.4 Å². The van der Waals surface area contributed by atoms with Crippen molar-refractivity contribution in [1.29, 1.82) is 5.26 Å². The molecule has 7 heteroatoms. The molecule has 160 valence electrons. The lowest BCUT2D eigenvalue weighted by molar-refractivity contribution is 0.246. The first-order valence-electron chi connectivity index (χ1n) is 10.2. The average molecular weight is 413 g/mol. The Morgan fingerprint density at radius 1 is 1.10 bits per heavy atom. The number of hydrogen-bond donors (Lipinski definition) is 0. The quantitative estimate of drug-likeness (QED) is 0.692. The van der Waals surface area contributed by atoms with E-state index in [2.05, 4.69) is 34.7 Å². The monoisotopic (exact) mass is 412 g/mol. The molecule has 1 aliphatic rings. The molecule has 6 nitrogen and oxygen atoms in total. The fraction of sp³-hybridized carbons (Fsp3) is 0.478. The minimum absolute atomic E-state index is 0.137. The van der Waals surface area contributed by atoms with Crippen LogP contribution in [0.1, 0.15) is 30.7 Å². The number of halogens is 1. The van der Waals surface area contributed by atoms with E-state index in [0.29, 0.717) is 29.6 Å². The van der Waals surface area contributed by atoms with Gasteiger partial charge in [0, 0.05) is 38.8 Å². The summed E-state index contributed by atoms with van der Waals surface area (Å²) < 4.78 is 25.1. The standard InChI is InChI=1S/C23H29FN4O2/c1-16(2)9-17-10-20(24)19(13-25)21(11-17)28-7-5-27(6-8-28)15-18-12-22(29-3)23(30-4)14-26-18/h10-12,14,16H,5-9,15H2,1-4H3. The van der Waals surface area contributed by atoms with Crippen molar-refractivity contribution in [3.8, 4) is 17.6 Å². The lowest BCUT2D eigenvalue weighted by atomic mass is 9.99. The number of ether oxygens (including phenoxy) is 2. The number of methoxy groups -OCH3 is 2. The van der Waals surface area contributed by atoms with E-state index in [-0.39, 0.29) is 5.56 Å². The minimum atomic E-state index is -0.428. The average Bonchev–Trinajstić information content (AvgIpc) is 2.73. The van der Waals surface area contributed by atoms with Gasteiger partial charge in [0.1, 0.15) is 17.4 Å². The molecule has 0 unspecified atom stereocenters. The first-order chi connectivity index (χ1) is 14.4. The van der Waals surface area contributed by atoms with Crippen molar-refractivity contribution in [1.82, 2.24) is 9.88 Å². The SMILES string of the molecule is COc1cnc(CN2CCN(c3cc(CC(C)C)cc(F)c3C#N)CC2)cc1OC. The van der Waals surface area contributed by atoms with Gasteiger partial charge in [-0.15, -0.1) is 0 Å². The van der Waals surface area contributed by atoms with Gasteiger partial charge < -0.3 is 14.4 Å². The number of nitrogens with zero attached hydrogens (tertiary/aromatic N) is 4. The number of benzene rings is 1. The van der Waals surface area contributed by atoms with E-state index >= 15 is 0 Å². The molecular weight excluding hydrogens is 383 g/mol. The van der Waals surface area contributed by atoms with Crippen molar-refractivity contribution in [2.75, 3.05) is 45.3 Å². The number of anilines is 1. The second-order valence-corrected chi connectivity index (χ2v) is 7.98. The van der Waals surface area contributed by atoms with Crippen LogP contribution >= 0.6 is 0 Å². The summed E-state index contributed by atoms with van der Waals surface area (Å²) in [6.45, 7) is 7.97. The zero-order valence-electron chi connectivity index (χ0n) is 18.1. The van der Waals surface area contributed by atoms with Crippen molar-refractivity contribution >= 4 is 5.69 Å². The van der Waals surface area contributed by atoms with E-state index in [0.717, 1.165) is 43.9 Å². The fourth-order valence-corrected chi connectivity index (χ4v) is 3.84. The number of rotatable bonds is 7. The van der Waals surface area contributed by atoms with Crippen LogP contribution in [0.3, 0.4) is 0 Å². The van der Waals surface area contributed by atoms with E-state index in [1.807, 2.05) is 12.1 Å². The van der Waals surface area contributed by atoms with Gasteiger partial charge in [-0.25, -0.2) is 4.39 Å². The van der Waals surface area contributed by atoms with Crippen LogP contribution in [-0.2, 0) is 13.0 Å². The highest BCUT2D eigenvalue weighted by molar-refractivity contribution is 5.62. The highest BCUT2D eigenvalue weighted by atomic mass is 19.1. The summed E-state index contributed by atoms with van der Waals surface area (Å²) in [5.74, 6) is 1.27. The Hall–Kier alpha value is -2.85. The maximum atomic E-state index is 14.5. The fourth-order valence-electron chi connectivity index (χ4n) is 3.84. The van der Waals surface area contributed by atoms with Gasteiger partial charge in [-0.1, -0.05) is 13.8 Å². The van der Waals surface area contributed by atoms with Crippen LogP contribution in [0.15, 0.2) is 24.4 Å². The van der Waals surface area contributed by atoms with Crippen molar-refractivity contribution in [3.63, 3.8) is 0 Å². The molecule has 0 N–H and O–H groups in total. The molecule has 2 heterocycles. The van der Waals surface area contributed by atoms with Crippen LogP contribution in [0.4, 0.5) is 10.1 Å². The number of nitriles is 1. The largest absolute Gasteiger partial charge is 0.493 e. The van der Waals surface area contributed by atoms with Crippen molar-refractivity contribution in [2.45, 2.75) is 26.8 Å². The summed E-state index contributed by atoms with van der Waals surface area (Å²) in [6.07, 6.45) is 2.47.